The Labute approximate surface area is 228 Å². The molecule has 7 nitrogen and oxygen atoms in total. The normalized spacial score (nSPS) is 51.5. The molecule has 5 N–H and O–H groups in total. The Kier molecular flexibility index (Phi) is 8.27. The third kappa shape index (κ3) is 4.76. The molecule has 4 saturated carbocycles. The lowest BCUT2D eigenvalue weighted by molar-refractivity contribution is -0.248. The van der Waals surface area contributed by atoms with Crippen LogP contribution in [0.4, 0.5) is 0 Å². The van der Waals surface area contributed by atoms with Gasteiger partial charge in [-0.25, -0.2) is 0 Å². The molecule has 0 unspecified atom stereocenters. The van der Waals surface area contributed by atoms with Gasteiger partial charge in [0, 0.05) is 6.42 Å². The van der Waals surface area contributed by atoms with Crippen LogP contribution in [0.5, 0.6) is 0 Å². The molecule has 5 fully saturated rings. The summed E-state index contributed by atoms with van der Waals surface area (Å²) in [7, 11) is 0. The van der Waals surface area contributed by atoms with E-state index in [0.717, 1.165) is 49.9 Å². The highest BCUT2D eigenvalue weighted by Crippen LogP contribution is 2.69. The molecule has 0 radical (unpaired) electrons. The zero-order valence-electron chi connectivity index (χ0n) is 23.7. The SMILES string of the molecule is C[C@H](CCCC(=O)O)[C@H]1CC[C@H]2[C@@H]3CC[C@@H]4C[C@H]([C@H]5O[C@H](CO)[C@@H](O)[C@H](O)[C@H]5O)CC[C@]4(C)[C@H]3CC[C@]12C. The predicted molar refractivity (Wildman–Crippen MR) is 143 cm³/mol. The van der Waals surface area contributed by atoms with Crippen molar-refractivity contribution in [2.24, 2.45) is 52.3 Å². The molecule has 38 heavy (non-hydrogen) atoms. The maximum absolute atomic E-state index is 11.0. The van der Waals surface area contributed by atoms with Crippen LogP contribution in [0, 0.1) is 52.3 Å². The first-order chi connectivity index (χ1) is 18.0. The van der Waals surface area contributed by atoms with E-state index in [0.29, 0.717) is 28.6 Å². The molecule has 1 heterocycles. The van der Waals surface area contributed by atoms with Gasteiger partial charge in [0.15, 0.2) is 0 Å². The Morgan fingerprint density at radius 3 is 2.34 bits per heavy atom. The number of aliphatic carboxylic acids is 1. The molecule has 0 spiro atoms. The molecule has 5 aliphatic rings. The van der Waals surface area contributed by atoms with E-state index >= 15 is 0 Å². The van der Waals surface area contributed by atoms with Crippen molar-refractivity contribution < 1.29 is 35.1 Å². The smallest absolute Gasteiger partial charge is 0.303 e. The maximum Gasteiger partial charge on any atom is 0.303 e. The molecule has 218 valence electrons. The third-order valence-corrected chi connectivity index (χ3v) is 12.9. The molecule has 4 aliphatic carbocycles. The number of carboxylic acid groups (broad SMARTS) is 1. The summed E-state index contributed by atoms with van der Waals surface area (Å²) in [6.45, 7) is 7.09. The number of hydrogen-bond acceptors (Lipinski definition) is 6. The summed E-state index contributed by atoms with van der Waals surface area (Å²) in [4.78, 5) is 11.0. The van der Waals surface area contributed by atoms with E-state index in [4.69, 9.17) is 9.84 Å². The average Bonchev–Trinajstić information content (AvgIpc) is 3.24. The highest BCUT2D eigenvalue weighted by Gasteiger charge is 2.61. The number of fused-ring (bicyclic) bond motifs is 5. The van der Waals surface area contributed by atoms with Crippen molar-refractivity contribution in [3.05, 3.63) is 0 Å². The van der Waals surface area contributed by atoms with E-state index in [2.05, 4.69) is 20.8 Å². The minimum absolute atomic E-state index is 0.132. The third-order valence-electron chi connectivity index (χ3n) is 12.9. The first-order valence-electron chi connectivity index (χ1n) is 15.5. The van der Waals surface area contributed by atoms with Crippen LogP contribution in [0.3, 0.4) is 0 Å². The number of aliphatic hydroxyl groups excluding tert-OH is 4. The van der Waals surface area contributed by atoms with Crippen LogP contribution in [0.1, 0.15) is 97.8 Å². The molecular weight excluding hydrogens is 484 g/mol. The molecule has 7 heteroatoms. The van der Waals surface area contributed by atoms with Crippen LogP contribution in [-0.4, -0.2) is 68.6 Å². The molecule has 5 rings (SSSR count). The van der Waals surface area contributed by atoms with Crippen molar-refractivity contribution in [1.82, 2.24) is 0 Å². The number of carbonyl (C=O) groups is 1. The zero-order valence-corrected chi connectivity index (χ0v) is 23.7. The number of rotatable bonds is 7. The summed E-state index contributed by atoms with van der Waals surface area (Å²) < 4.78 is 5.99. The van der Waals surface area contributed by atoms with Crippen molar-refractivity contribution in [1.29, 1.82) is 0 Å². The second kappa shape index (κ2) is 10.9. The molecule has 0 amide bonds. The molecular formula is C31H52O7. The summed E-state index contributed by atoms with van der Waals surface area (Å²) in [6, 6.07) is 0. The van der Waals surface area contributed by atoms with E-state index < -0.39 is 36.5 Å². The van der Waals surface area contributed by atoms with Gasteiger partial charge in [0.1, 0.15) is 24.4 Å². The van der Waals surface area contributed by atoms with Crippen molar-refractivity contribution in [3.8, 4) is 0 Å². The summed E-state index contributed by atoms with van der Waals surface area (Å²) in [5.41, 5.74) is 0.667. The fraction of sp³-hybridized carbons (Fsp3) is 0.968. The molecule has 0 aromatic rings. The highest BCUT2D eigenvalue weighted by molar-refractivity contribution is 5.66. The Balaban J connectivity index is 1.25. The number of hydrogen-bond donors (Lipinski definition) is 5. The lowest BCUT2D eigenvalue weighted by atomic mass is 9.43. The summed E-state index contributed by atoms with van der Waals surface area (Å²) in [5, 5.41) is 50.1. The van der Waals surface area contributed by atoms with E-state index in [1.807, 2.05) is 0 Å². The second-order valence-electron chi connectivity index (χ2n) is 14.5. The monoisotopic (exact) mass is 536 g/mol. The second-order valence-corrected chi connectivity index (χ2v) is 14.5. The van der Waals surface area contributed by atoms with Crippen molar-refractivity contribution >= 4 is 5.97 Å². The van der Waals surface area contributed by atoms with Gasteiger partial charge < -0.3 is 30.3 Å². The van der Waals surface area contributed by atoms with Gasteiger partial charge in [-0.05, 0) is 123 Å². The molecule has 0 aromatic heterocycles. The largest absolute Gasteiger partial charge is 0.481 e. The van der Waals surface area contributed by atoms with Crippen LogP contribution < -0.4 is 0 Å². The Morgan fingerprint density at radius 2 is 1.63 bits per heavy atom. The van der Waals surface area contributed by atoms with Crippen molar-refractivity contribution in [2.45, 2.75) is 128 Å². The minimum atomic E-state index is -1.28. The fourth-order valence-electron chi connectivity index (χ4n) is 10.9. The van der Waals surface area contributed by atoms with E-state index in [1.54, 1.807) is 0 Å². The van der Waals surface area contributed by atoms with Gasteiger partial charge in [0.2, 0.25) is 0 Å². The van der Waals surface area contributed by atoms with Gasteiger partial charge in [0.05, 0.1) is 12.7 Å². The van der Waals surface area contributed by atoms with E-state index in [1.165, 1.54) is 38.5 Å². The van der Waals surface area contributed by atoms with Crippen LogP contribution >= 0.6 is 0 Å². The lowest BCUT2D eigenvalue weighted by Crippen LogP contribution is -2.61. The minimum Gasteiger partial charge on any atom is -0.481 e. The Bertz CT molecular complexity index is 848. The van der Waals surface area contributed by atoms with Crippen LogP contribution in [0.25, 0.3) is 0 Å². The summed E-state index contributed by atoms with van der Waals surface area (Å²) in [6.07, 6.45) is 7.72. The maximum atomic E-state index is 11.0. The molecule has 0 bridgehead atoms. The molecule has 0 aromatic carbocycles. The van der Waals surface area contributed by atoms with E-state index in [9.17, 15) is 25.2 Å². The summed E-state index contributed by atoms with van der Waals surface area (Å²) in [5.74, 6) is 3.59. The van der Waals surface area contributed by atoms with Gasteiger partial charge in [0.25, 0.3) is 0 Å². The predicted octanol–water partition coefficient (Wildman–Crippen LogP) is 3.99. The van der Waals surface area contributed by atoms with Gasteiger partial charge in [-0.3, -0.25) is 4.79 Å². The van der Waals surface area contributed by atoms with Gasteiger partial charge in [-0.1, -0.05) is 20.8 Å². The Hall–Kier alpha value is -0.730. The van der Waals surface area contributed by atoms with Crippen LogP contribution in [0.15, 0.2) is 0 Å². The number of ether oxygens (including phenoxy) is 1. The molecule has 1 aliphatic heterocycles. The lowest BCUT2D eigenvalue weighted by Gasteiger charge is -2.62. The van der Waals surface area contributed by atoms with Crippen molar-refractivity contribution in [3.63, 3.8) is 0 Å². The number of carboxylic acids is 1. The Morgan fingerprint density at radius 1 is 0.921 bits per heavy atom. The van der Waals surface area contributed by atoms with Gasteiger partial charge in [-0.15, -0.1) is 0 Å². The molecule has 14 atom stereocenters. The first kappa shape index (κ1) is 28.8. The number of aliphatic hydroxyl groups is 4. The first-order valence-corrected chi connectivity index (χ1v) is 15.5. The van der Waals surface area contributed by atoms with Crippen LogP contribution in [-0.2, 0) is 9.53 Å². The zero-order chi connectivity index (χ0) is 27.4. The average molecular weight is 537 g/mol. The van der Waals surface area contributed by atoms with Gasteiger partial charge in [-0.2, -0.15) is 0 Å². The summed E-state index contributed by atoms with van der Waals surface area (Å²) >= 11 is 0. The van der Waals surface area contributed by atoms with Crippen LogP contribution in [0.2, 0.25) is 0 Å². The fourth-order valence-corrected chi connectivity index (χ4v) is 10.9. The van der Waals surface area contributed by atoms with Gasteiger partial charge >= 0.3 is 5.97 Å². The van der Waals surface area contributed by atoms with E-state index in [-0.39, 0.29) is 18.9 Å². The quantitative estimate of drug-likeness (QED) is 0.333. The topological polar surface area (TPSA) is 127 Å². The highest BCUT2D eigenvalue weighted by atomic mass is 16.5. The molecule has 1 saturated heterocycles. The van der Waals surface area contributed by atoms with Crippen molar-refractivity contribution in [2.75, 3.05) is 6.61 Å². The standard InChI is InChI=1S/C31H52O7/c1-17(5-4-6-25(33)34)21-9-10-22-20-8-7-19-15-18(29-28(37)27(36)26(35)24(16-32)38-29)11-13-30(19,2)23(20)12-14-31(21,22)3/h17-24,26-29,32,35-37H,4-16H2,1-3H3,(H,33,34)/t17-,18-,19-,20+,21-,22+,23+,24-,26-,27+,28-,29-,30+,31-/m1/s1.